The quantitative estimate of drug-likeness (QED) is 0.385. The van der Waals surface area contributed by atoms with Crippen LogP contribution in [0.1, 0.15) is 46.2 Å². The molecule has 2 aliphatic carbocycles. The number of hydrogen-bond donors (Lipinski definition) is 3. The third kappa shape index (κ3) is 4.54. The van der Waals surface area contributed by atoms with Crippen molar-refractivity contribution in [3.05, 3.63) is 45.5 Å². The lowest BCUT2D eigenvalue weighted by atomic mass is 9.90. The van der Waals surface area contributed by atoms with Gasteiger partial charge in [-0.2, -0.15) is 0 Å². The zero-order valence-electron chi connectivity index (χ0n) is 17.4. The number of rotatable bonds is 5. The average Bonchev–Trinajstić information content (AvgIpc) is 3.29. The Morgan fingerprint density at radius 3 is 2.21 bits per heavy atom. The monoisotopic (exact) mass is 417 g/mol. The van der Waals surface area contributed by atoms with E-state index in [1.165, 1.54) is 39.8 Å². The molecule has 3 rings (SSSR count). The first-order chi connectivity index (χ1) is 13.3. The Labute approximate surface area is 178 Å². The molecule has 1 fully saturated rings. The highest BCUT2D eigenvalue weighted by molar-refractivity contribution is 7.99. The van der Waals surface area contributed by atoms with Crippen LogP contribution in [-0.2, 0) is 10.5 Å². The van der Waals surface area contributed by atoms with E-state index in [9.17, 15) is 4.79 Å². The van der Waals surface area contributed by atoms with Crippen molar-refractivity contribution in [2.45, 2.75) is 59.3 Å². The summed E-state index contributed by atoms with van der Waals surface area (Å²) >= 11 is 6.96. The molecule has 1 aromatic rings. The fourth-order valence-electron chi connectivity index (χ4n) is 4.35. The number of carbonyl (C=O) groups is 1. The van der Waals surface area contributed by atoms with Gasteiger partial charge >= 0.3 is 0 Å². The molecule has 28 heavy (non-hydrogen) atoms. The van der Waals surface area contributed by atoms with E-state index in [0.717, 1.165) is 12.2 Å². The summed E-state index contributed by atoms with van der Waals surface area (Å²) < 4.78 is 0. The van der Waals surface area contributed by atoms with Crippen molar-refractivity contribution >= 4 is 35.0 Å². The Balaban J connectivity index is 1.41. The topological polar surface area (TPSA) is 53.2 Å². The smallest absolute Gasteiger partial charge is 0.248 e. The number of benzene rings is 1. The maximum atomic E-state index is 12.2. The lowest BCUT2D eigenvalue weighted by Gasteiger charge is -2.22. The second kappa shape index (κ2) is 8.87. The average molecular weight is 418 g/mol. The number of thiocarbonyl (C=S) groups is 1. The van der Waals surface area contributed by atoms with E-state index in [1.54, 1.807) is 11.8 Å². The number of hydrazine groups is 1. The Bertz CT molecular complexity index is 789. The maximum Gasteiger partial charge on any atom is 0.248 e. The molecule has 0 aliphatic heterocycles. The molecule has 0 saturated heterocycles. The van der Waals surface area contributed by atoms with Crippen LogP contribution in [0.15, 0.2) is 12.2 Å². The third-order valence-electron chi connectivity index (χ3n) is 6.55. The number of amides is 1. The SMILES string of the molecule is Cc1c(C)c(C)c(CSCC(=O)NNC(=S)N[C@@H]2C[C@H]3C=C[C@H]2C3)c(C)c1C. The molecule has 152 valence electrons. The van der Waals surface area contributed by atoms with E-state index in [2.05, 4.69) is 62.9 Å². The van der Waals surface area contributed by atoms with Crippen molar-refractivity contribution in [2.24, 2.45) is 11.8 Å². The molecule has 2 bridgehead atoms. The first-order valence-electron chi connectivity index (χ1n) is 9.95. The Morgan fingerprint density at radius 2 is 1.64 bits per heavy atom. The summed E-state index contributed by atoms with van der Waals surface area (Å²) in [7, 11) is 0. The highest BCUT2D eigenvalue weighted by Gasteiger charge is 2.35. The Morgan fingerprint density at radius 1 is 1.00 bits per heavy atom. The second-order valence-electron chi connectivity index (χ2n) is 8.13. The zero-order valence-corrected chi connectivity index (χ0v) is 19.1. The van der Waals surface area contributed by atoms with Crippen LogP contribution in [0.25, 0.3) is 0 Å². The molecule has 4 nitrogen and oxygen atoms in total. The molecule has 3 N–H and O–H groups in total. The van der Waals surface area contributed by atoms with Crippen LogP contribution in [0.3, 0.4) is 0 Å². The Kier molecular flexibility index (Phi) is 6.71. The molecule has 3 atom stereocenters. The predicted molar refractivity (Wildman–Crippen MR) is 122 cm³/mol. The zero-order chi connectivity index (χ0) is 20.4. The molecule has 0 heterocycles. The van der Waals surface area contributed by atoms with Gasteiger partial charge in [-0.1, -0.05) is 12.2 Å². The molecule has 0 unspecified atom stereocenters. The van der Waals surface area contributed by atoms with Crippen LogP contribution in [0.4, 0.5) is 0 Å². The summed E-state index contributed by atoms with van der Waals surface area (Å²) in [5.41, 5.74) is 13.7. The third-order valence-corrected chi connectivity index (χ3v) is 7.72. The van der Waals surface area contributed by atoms with Gasteiger partial charge in [0.2, 0.25) is 5.91 Å². The van der Waals surface area contributed by atoms with Crippen molar-refractivity contribution in [3.8, 4) is 0 Å². The fraction of sp³-hybridized carbons (Fsp3) is 0.545. The molecule has 0 aromatic heterocycles. The van der Waals surface area contributed by atoms with Gasteiger partial charge in [-0.05, 0) is 105 Å². The molecule has 1 amide bonds. The van der Waals surface area contributed by atoms with E-state index in [1.807, 2.05) is 0 Å². The van der Waals surface area contributed by atoms with Crippen LogP contribution in [0.2, 0.25) is 0 Å². The minimum Gasteiger partial charge on any atom is -0.358 e. The summed E-state index contributed by atoms with van der Waals surface area (Å²) in [5, 5.41) is 3.83. The molecular formula is C22H31N3OS2. The molecule has 1 saturated carbocycles. The molecule has 6 heteroatoms. The molecular weight excluding hydrogens is 386 g/mol. The van der Waals surface area contributed by atoms with Crippen LogP contribution >= 0.6 is 24.0 Å². The number of thioether (sulfide) groups is 1. The number of hydrogen-bond acceptors (Lipinski definition) is 3. The normalized spacial score (nSPS) is 22.4. The van der Waals surface area contributed by atoms with Crippen LogP contribution in [-0.4, -0.2) is 22.8 Å². The molecule has 0 radical (unpaired) electrons. The van der Waals surface area contributed by atoms with Crippen molar-refractivity contribution in [3.63, 3.8) is 0 Å². The highest BCUT2D eigenvalue weighted by Crippen LogP contribution is 2.38. The van der Waals surface area contributed by atoms with Crippen LogP contribution < -0.4 is 16.2 Å². The summed E-state index contributed by atoms with van der Waals surface area (Å²) in [6, 6.07) is 0.389. The van der Waals surface area contributed by atoms with Gasteiger partial charge in [-0.25, -0.2) is 0 Å². The van der Waals surface area contributed by atoms with Gasteiger partial charge < -0.3 is 5.32 Å². The standard InChI is InChI=1S/C22H31N3OS2/c1-12-13(2)15(4)19(16(5)14(12)3)10-28-11-21(26)24-25-22(27)23-20-9-17-6-7-18(20)8-17/h6-7,17-18,20H,8-11H2,1-5H3,(H,24,26)(H2,23,25,27)/t17-,18-,20+/m0/s1. The fourth-order valence-corrected chi connectivity index (χ4v) is 5.55. The van der Waals surface area contributed by atoms with Crippen molar-refractivity contribution in [2.75, 3.05) is 5.75 Å². The first-order valence-corrected chi connectivity index (χ1v) is 11.5. The largest absolute Gasteiger partial charge is 0.358 e. The van der Waals surface area contributed by atoms with Gasteiger partial charge in [-0.3, -0.25) is 15.6 Å². The Hall–Kier alpha value is -1.53. The van der Waals surface area contributed by atoms with Gasteiger partial charge in [-0.15, -0.1) is 11.8 Å². The molecule has 0 spiro atoms. The minimum atomic E-state index is -0.0575. The van der Waals surface area contributed by atoms with E-state index in [0.29, 0.717) is 28.7 Å². The number of carbonyl (C=O) groups excluding carboxylic acids is 1. The summed E-state index contributed by atoms with van der Waals surface area (Å²) in [5.74, 6) is 2.45. The number of nitrogens with one attached hydrogen (secondary N) is 3. The van der Waals surface area contributed by atoms with Crippen molar-refractivity contribution in [1.82, 2.24) is 16.2 Å². The van der Waals surface area contributed by atoms with Crippen LogP contribution in [0.5, 0.6) is 0 Å². The second-order valence-corrected chi connectivity index (χ2v) is 9.52. The van der Waals surface area contributed by atoms with Crippen LogP contribution in [0, 0.1) is 46.5 Å². The molecule has 1 aromatic carbocycles. The molecule has 2 aliphatic rings. The van der Waals surface area contributed by atoms with Gasteiger partial charge in [0.1, 0.15) is 0 Å². The lowest BCUT2D eigenvalue weighted by molar-refractivity contribution is -0.119. The van der Waals surface area contributed by atoms with Crippen molar-refractivity contribution < 1.29 is 4.79 Å². The first kappa shape index (κ1) is 21.2. The van der Waals surface area contributed by atoms with Gasteiger partial charge in [0.05, 0.1) is 5.75 Å². The maximum absolute atomic E-state index is 12.2. The minimum absolute atomic E-state index is 0.0575. The van der Waals surface area contributed by atoms with E-state index < -0.39 is 0 Å². The summed E-state index contributed by atoms with van der Waals surface area (Å²) in [6.07, 6.45) is 6.93. The summed E-state index contributed by atoms with van der Waals surface area (Å²) in [4.78, 5) is 12.2. The summed E-state index contributed by atoms with van der Waals surface area (Å²) in [6.45, 7) is 10.9. The lowest BCUT2D eigenvalue weighted by Crippen LogP contribution is -2.50. The van der Waals surface area contributed by atoms with Gasteiger partial charge in [0.25, 0.3) is 0 Å². The predicted octanol–water partition coefficient (Wildman–Crippen LogP) is 3.92. The number of allylic oxidation sites excluding steroid dienone is 1. The van der Waals surface area contributed by atoms with Crippen molar-refractivity contribution in [1.29, 1.82) is 0 Å². The highest BCUT2D eigenvalue weighted by atomic mass is 32.2. The van der Waals surface area contributed by atoms with Gasteiger partial charge in [0, 0.05) is 11.8 Å². The van der Waals surface area contributed by atoms with E-state index in [-0.39, 0.29) is 5.91 Å². The van der Waals surface area contributed by atoms with Gasteiger partial charge in [0.15, 0.2) is 5.11 Å². The van der Waals surface area contributed by atoms with E-state index >= 15 is 0 Å². The number of fused-ring (bicyclic) bond motifs is 2. The van der Waals surface area contributed by atoms with E-state index in [4.69, 9.17) is 12.2 Å².